The van der Waals surface area contributed by atoms with Crippen LogP contribution in [-0.4, -0.2) is 0 Å². The van der Waals surface area contributed by atoms with Gasteiger partial charge in [0.1, 0.15) is 0 Å². The summed E-state index contributed by atoms with van der Waals surface area (Å²) in [7, 11) is 0. The zero-order chi connectivity index (χ0) is 24.3. The molecule has 0 aromatic heterocycles. The van der Waals surface area contributed by atoms with Crippen LogP contribution in [0.15, 0.2) is 127 Å². The summed E-state index contributed by atoms with van der Waals surface area (Å²) in [5.41, 5.74) is 6.66. The zero-order valence-corrected chi connectivity index (χ0v) is 21.1. The summed E-state index contributed by atoms with van der Waals surface area (Å²) < 4.78 is 0. The van der Waals surface area contributed by atoms with E-state index in [1.54, 1.807) is 0 Å². The summed E-state index contributed by atoms with van der Waals surface area (Å²) >= 11 is 2.01. The molecule has 0 bridgehead atoms. The van der Waals surface area contributed by atoms with Crippen LogP contribution in [0.2, 0.25) is 0 Å². The first-order chi connectivity index (χ1) is 18.3. The highest BCUT2D eigenvalue weighted by molar-refractivity contribution is 8.08. The van der Waals surface area contributed by atoms with Crippen molar-refractivity contribution in [3.8, 4) is 11.1 Å². The molecule has 2 unspecified atom stereocenters. The molecule has 0 spiro atoms. The summed E-state index contributed by atoms with van der Waals surface area (Å²) in [5, 5.41) is 8.39. The van der Waals surface area contributed by atoms with Gasteiger partial charge in [-0.05, 0) is 72.3 Å². The normalized spacial score (nSPS) is 18.2. The number of hydrogen-bond acceptors (Lipinski definition) is 1. The first-order valence-electron chi connectivity index (χ1n) is 12.9. The van der Waals surface area contributed by atoms with Gasteiger partial charge in [0.2, 0.25) is 0 Å². The third kappa shape index (κ3) is 3.31. The molecule has 6 aromatic carbocycles. The van der Waals surface area contributed by atoms with Crippen LogP contribution in [0, 0.1) is 5.92 Å². The molecule has 37 heavy (non-hydrogen) atoms. The van der Waals surface area contributed by atoms with E-state index in [0.29, 0.717) is 11.2 Å². The van der Waals surface area contributed by atoms with Gasteiger partial charge in [-0.15, -0.1) is 11.8 Å². The van der Waals surface area contributed by atoms with Crippen molar-refractivity contribution in [2.24, 2.45) is 5.92 Å². The second-order valence-corrected chi connectivity index (χ2v) is 11.3. The minimum absolute atomic E-state index is 0.457. The summed E-state index contributed by atoms with van der Waals surface area (Å²) in [6, 6.07) is 42.5. The van der Waals surface area contributed by atoms with E-state index in [1.165, 1.54) is 65.0 Å². The van der Waals surface area contributed by atoms with Gasteiger partial charge in [-0.1, -0.05) is 121 Å². The SMILES string of the molecule is C1=CC2C=C(c3cccc(-c4ccc5c6ccccc6c6ccccc6c5c4)c3)SC2c2ccccc21. The Balaban J connectivity index is 1.23. The smallest absolute Gasteiger partial charge is 0.0448 e. The van der Waals surface area contributed by atoms with Crippen LogP contribution in [0.3, 0.4) is 0 Å². The quantitative estimate of drug-likeness (QED) is 0.218. The Morgan fingerprint density at radius 2 is 1.11 bits per heavy atom. The van der Waals surface area contributed by atoms with Gasteiger partial charge in [0, 0.05) is 16.1 Å². The largest absolute Gasteiger partial charge is 0.117 e. The van der Waals surface area contributed by atoms with Crippen molar-refractivity contribution < 1.29 is 0 Å². The molecule has 1 heterocycles. The predicted molar refractivity (Wildman–Crippen MR) is 162 cm³/mol. The highest BCUT2D eigenvalue weighted by Gasteiger charge is 2.32. The van der Waals surface area contributed by atoms with Crippen LogP contribution in [-0.2, 0) is 0 Å². The molecule has 174 valence electrons. The van der Waals surface area contributed by atoms with Gasteiger partial charge in [0.15, 0.2) is 0 Å². The van der Waals surface area contributed by atoms with Crippen LogP contribution in [0.25, 0.3) is 54.4 Å². The van der Waals surface area contributed by atoms with E-state index >= 15 is 0 Å². The molecule has 1 heteroatoms. The Hall–Kier alpha value is -4.07. The van der Waals surface area contributed by atoms with Gasteiger partial charge in [0.25, 0.3) is 0 Å². The average molecular weight is 489 g/mol. The van der Waals surface area contributed by atoms with Crippen LogP contribution >= 0.6 is 11.8 Å². The first kappa shape index (κ1) is 21.1. The fraction of sp³-hybridized carbons (Fsp3) is 0.0556. The number of benzene rings is 6. The zero-order valence-electron chi connectivity index (χ0n) is 20.3. The molecule has 0 saturated carbocycles. The molecular formula is C36H24S. The second kappa shape index (κ2) is 8.23. The van der Waals surface area contributed by atoms with E-state index in [0.717, 1.165) is 0 Å². The molecule has 6 aromatic rings. The number of hydrogen-bond donors (Lipinski definition) is 0. The molecule has 0 amide bonds. The lowest BCUT2D eigenvalue weighted by molar-refractivity contribution is 0.790. The van der Waals surface area contributed by atoms with Crippen molar-refractivity contribution in [1.82, 2.24) is 0 Å². The molecule has 0 saturated heterocycles. The van der Waals surface area contributed by atoms with E-state index in [-0.39, 0.29) is 0 Å². The van der Waals surface area contributed by atoms with Gasteiger partial charge in [-0.25, -0.2) is 0 Å². The van der Waals surface area contributed by atoms with Gasteiger partial charge in [-0.3, -0.25) is 0 Å². The van der Waals surface area contributed by atoms with Gasteiger partial charge in [0.05, 0.1) is 0 Å². The van der Waals surface area contributed by atoms with E-state index in [4.69, 9.17) is 0 Å². The van der Waals surface area contributed by atoms with Gasteiger partial charge < -0.3 is 0 Å². The molecule has 0 N–H and O–H groups in total. The predicted octanol–water partition coefficient (Wildman–Crippen LogP) is 10.3. The summed E-state index contributed by atoms with van der Waals surface area (Å²) in [4.78, 5) is 1.38. The summed E-state index contributed by atoms with van der Waals surface area (Å²) in [5.74, 6) is 0.457. The first-order valence-corrected chi connectivity index (χ1v) is 13.8. The molecule has 2 aliphatic rings. The Morgan fingerprint density at radius 1 is 0.486 bits per heavy atom. The van der Waals surface area contributed by atoms with Crippen molar-refractivity contribution in [3.63, 3.8) is 0 Å². The Labute approximate surface area is 221 Å². The van der Waals surface area contributed by atoms with Crippen LogP contribution < -0.4 is 0 Å². The molecule has 8 rings (SSSR count). The molecule has 0 radical (unpaired) electrons. The number of allylic oxidation sites excluding steroid dienone is 2. The molecule has 1 aliphatic heterocycles. The Kier molecular flexibility index (Phi) is 4.68. The van der Waals surface area contributed by atoms with Crippen molar-refractivity contribution in [2.45, 2.75) is 5.25 Å². The minimum atomic E-state index is 0.457. The molecule has 0 nitrogen and oxygen atoms in total. The van der Waals surface area contributed by atoms with Crippen molar-refractivity contribution in [1.29, 1.82) is 0 Å². The van der Waals surface area contributed by atoms with Crippen molar-refractivity contribution >= 4 is 55.1 Å². The van der Waals surface area contributed by atoms with E-state index in [1.807, 2.05) is 11.8 Å². The topological polar surface area (TPSA) is 0 Å². The standard InChI is InChI=1S/C36H24S/c1-2-11-28-23(8-1)16-17-27-22-35(37-36(27)28)26-10-7-9-24(20-26)25-18-19-33-31-14-4-3-12-29(31)30-13-5-6-15-32(30)34(33)21-25/h1-22,27,36H. The minimum Gasteiger partial charge on any atom is -0.117 e. The monoisotopic (exact) mass is 488 g/mol. The van der Waals surface area contributed by atoms with E-state index in [9.17, 15) is 0 Å². The van der Waals surface area contributed by atoms with Crippen LogP contribution in [0.1, 0.15) is 21.9 Å². The third-order valence-electron chi connectivity index (χ3n) is 7.97. The Bertz CT molecular complexity index is 1890. The average Bonchev–Trinajstić information content (AvgIpc) is 3.42. The third-order valence-corrected chi connectivity index (χ3v) is 9.42. The molecule has 0 fully saturated rings. The maximum Gasteiger partial charge on any atom is 0.0448 e. The maximum absolute atomic E-state index is 2.46. The lowest BCUT2D eigenvalue weighted by Crippen LogP contribution is -2.06. The molecular weight excluding hydrogens is 464 g/mol. The fourth-order valence-corrected chi connectivity index (χ4v) is 7.62. The second-order valence-electron chi connectivity index (χ2n) is 10.1. The molecule has 1 aliphatic carbocycles. The van der Waals surface area contributed by atoms with Crippen LogP contribution in [0.5, 0.6) is 0 Å². The van der Waals surface area contributed by atoms with Gasteiger partial charge >= 0.3 is 0 Å². The summed E-state index contributed by atoms with van der Waals surface area (Å²) in [6.07, 6.45) is 7.12. The highest BCUT2D eigenvalue weighted by Crippen LogP contribution is 2.54. The number of fused-ring (bicyclic) bond motifs is 9. The summed E-state index contributed by atoms with van der Waals surface area (Å²) in [6.45, 7) is 0. The van der Waals surface area contributed by atoms with E-state index < -0.39 is 0 Å². The lowest BCUT2D eigenvalue weighted by atomic mass is 9.89. The fourth-order valence-electron chi connectivity index (χ4n) is 6.18. The number of rotatable bonds is 2. The number of thioether (sulfide) groups is 1. The van der Waals surface area contributed by atoms with Gasteiger partial charge in [-0.2, -0.15) is 0 Å². The highest BCUT2D eigenvalue weighted by atomic mass is 32.2. The van der Waals surface area contributed by atoms with Crippen LogP contribution in [0.4, 0.5) is 0 Å². The maximum atomic E-state index is 2.46. The van der Waals surface area contributed by atoms with E-state index in [2.05, 4.69) is 133 Å². The lowest BCUT2D eigenvalue weighted by Gasteiger charge is -2.22. The Morgan fingerprint density at radius 3 is 1.89 bits per heavy atom. The molecule has 2 atom stereocenters. The van der Waals surface area contributed by atoms with Crippen molar-refractivity contribution in [2.75, 3.05) is 0 Å². The van der Waals surface area contributed by atoms with Crippen molar-refractivity contribution in [3.05, 3.63) is 144 Å².